The molecule has 0 radical (unpaired) electrons. The van der Waals surface area contributed by atoms with Gasteiger partial charge in [-0.15, -0.1) is 5.10 Å². The first-order valence-corrected chi connectivity index (χ1v) is 7.18. The van der Waals surface area contributed by atoms with Gasteiger partial charge < -0.3 is 10.1 Å². The van der Waals surface area contributed by atoms with Gasteiger partial charge in [0.1, 0.15) is 0 Å². The number of nitrogens with one attached hydrogen (secondary N) is 1. The second-order valence-electron chi connectivity index (χ2n) is 5.50. The third-order valence-electron chi connectivity index (χ3n) is 3.70. The predicted octanol–water partition coefficient (Wildman–Crippen LogP) is 1.04. The molecule has 1 N–H and O–H groups in total. The molecule has 7 heteroatoms. The second-order valence-corrected chi connectivity index (χ2v) is 5.50. The predicted molar refractivity (Wildman–Crippen MR) is 76.2 cm³/mol. The van der Waals surface area contributed by atoms with Crippen molar-refractivity contribution < 1.29 is 9.53 Å². The molecule has 112 valence electrons. The largest absolute Gasteiger partial charge is 0.376 e. The highest BCUT2D eigenvalue weighted by Crippen LogP contribution is 2.15. The van der Waals surface area contributed by atoms with E-state index >= 15 is 0 Å². The van der Waals surface area contributed by atoms with E-state index in [4.69, 9.17) is 4.74 Å². The smallest absolute Gasteiger partial charge is 0.291 e. The zero-order valence-corrected chi connectivity index (χ0v) is 12.5. The first-order valence-electron chi connectivity index (χ1n) is 7.18. The number of hydrogen-bond acceptors (Lipinski definition) is 5. The summed E-state index contributed by atoms with van der Waals surface area (Å²) in [4.78, 5) is 20.7. The summed E-state index contributed by atoms with van der Waals surface area (Å²) in [5.74, 6) is 0.295. The molecule has 0 aromatic carbocycles. The van der Waals surface area contributed by atoms with Gasteiger partial charge in [0.25, 0.3) is 11.7 Å². The van der Waals surface area contributed by atoms with Gasteiger partial charge in [-0.1, -0.05) is 0 Å². The molecule has 3 rings (SSSR count). The van der Waals surface area contributed by atoms with Crippen LogP contribution in [0.4, 0.5) is 0 Å². The summed E-state index contributed by atoms with van der Waals surface area (Å²) in [6.07, 6.45) is 2.09. The lowest BCUT2D eigenvalue weighted by Crippen LogP contribution is -2.41. The Hall–Kier alpha value is -2.02. The van der Waals surface area contributed by atoms with Crippen LogP contribution in [0.1, 0.15) is 41.8 Å². The van der Waals surface area contributed by atoms with E-state index < -0.39 is 0 Å². The van der Waals surface area contributed by atoms with Crippen molar-refractivity contribution in [1.29, 1.82) is 0 Å². The van der Waals surface area contributed by atoms with E-state index in [0.29, 0.717) is 5.78 Å². The zero-order valence-electron chi connectivity index (χ0n) is 12.5. The third kappa shape index (κ3) is 2.73. The molecule has 1 fully saturated rings. The summed E-state index contributed by atoms with van der Waals surface area (Å²) in [5.41, 5.74) is 1.75. The van der Waals surface area contributed by atoms with Gasteiger partial charge in [-0.05, 0) is 39.7 Å². The Labute approximate surface area is 122 Å². The fourth-order valence-electron chi connectivity index (χ4n) is 2.62. The number of aryl methyl sites for hydroxylation is 2. The van der Waals surface area contributed by atoms with Crippen LogP contribution >= 0.6 is 0 Å². The molecule has 2 atom stereocenters. The molecule has 0 bridgehead atoms. The SMILES string of the molecule is Cc1cc(C)n2nc(C(=O)NC(C)C3CCCO3)nc2n1. The molecule has 0 saturated carbocycles. The second kappa shape index (κ2) is 5.40. The lowest BCUT2D eigenvalue weighted by Gasteiger charge is -2.18. The van der Waals surface area contributed by atoms with Gasteiger partial charge in [-0.2, -0.15) is 4.98 Å². The Bertz CT molecular complexity index is 675. The molecular formula is C14H19N5O2. The van der Waals surface area contributed by atoms with Gasteiger partial charge in [0.15, 0.2) is 0 Å². The molecule has 1 aliphatic rings. The average Bonchev–Trinajstić information content (AvgIpc) is 3.07. The van der Waals surface area contributed by atoms with Gasteiger partial charge in [-0.3, -0.25) is 4.79 Å². The fraction of sp³-hybridized carbons (Fsp3) is 0.571. The number of amides is 1. The van der Waals surface area contributed by atoms with E-state index in [-0.39, 0.29) is 23.9 Å². The first kappa shape index (κ1) is 13.9. The molecule has 1 saturated heterocycles. The highest BCUT2D eigenvalue weighted by atomic mass is 16.5. The van der Waals surface area contributed by atoms with Gasteiger partial charge in [0.05, 0.1) is 12.1 Å². The van der Waals surface area contributed by atoms with Crippen molar-refractivity contribution in [2.75, 3.05) is 6.61 Å². The van der Waals surface area contributed by atoms with Crippen molar-refractivity contribution in [2.45, 2.75) is 45.8 Å². The van der Waals surface area contributed by atoms with E-state index in [0.717, 1.165) is 30.8 Å². The minimum atomic E-state index is -0.291. The van der Waals surface area contributed by atoms with Crippen LogP contribution in [0.5, 0.6) is 0 Å². The van der Waals surface area contributed by atoms with Crippen molar-refractivity contribution in [3.63, 3.8) is 0 Å². The summed E-state index contributed by atoms with van der Waals surface area (Å²) in [6.45, 7) is 6.51. The molecule has 7 nitrogen and oxygen atoms in total. The van der Waals surface area contributed by atoms with Gasteiger partial charge in [-0.25, -0.2) is 9.50 Å². The molecular weight excluding hydrogens is 270 g/mol. The zero-order chi connectivity index (χ0) is 15.0. The van der Waals surface area contributed by atoms with Gasteiger partial charge in [0.2, 0.25) is 5.82 Å². The monoisotopic (exact) mass is 289 g/mol. The van der Waals surface area contributed by atoms with Crippen molar-refractivity contribution in [3.05, 3.63) is 23.3 Å². The number of carbonyl (C=O) groups is 1. The van der Waals surface area contributed by atoms with Crippen LogP contribution in [-0.2, 0) is 4.74 Å². The maximum absolute atomic E-state index is 12.2. The van der Waals surface area contributed by atoms with E-state index in [1.807, 2.05) is 26.8 Å². The molecule has 0 aliphatic carbocycles. The van der Waals surface area contributed by atoms with Gasteiger partial charge in [0, 0.05) is 18.0 Å². The Morgan fingerprint density at radius 3 is 3.00 bits per heavy atom. The van der Waals surface area contributed by atoms with E-state index in [2.05, 4.69) is 20.4 Å². The molecule has 2 unspecified atom stereocenters. The number of aromatic nitrogens is 4. The highest BCUT2D eigenvalue weighted by molar-refractivity contribution is 5.91. The van der Waals surface area contributed by atoms with Crippen LogP contribution in [0.15, 0.2) is 6.07 Å². The van der Waals surface area contributed by atoms with Crippen LogP contribution in [0, 0.1) is 13.8 Å². The summed E-state index contributed by atoms with van der Waals surface area (Å²) >= 11 is 0. The van der Waals surface area contributed by atoms with Crippen LogP contribution in [0.3, 0.4) is 0 Å². The van der Waals surface area contributed by atoms with Crippen molar-refractivity contribution in [1.82, 2.24) is 24.9 Å². The Morgan fingerprint density at radius 1 is 1.48 bits per heavy atom. The van der Waals surface area contributed by atoms with Crippen LogP contribution < -0.4 is 5.32 Å². The molecule has 0 spiro atoms. The minimum Gasteiger partial charge on any atom is -0.376 e. The van der Waals surface area contributed by atoms with E-state index in [1.54, 1.807) is 4.52 Å². The lowest BCUT2D eigenvalue weighted by molar-refractivity contribution is 0.0706. The average molecular weight is 289 g/mol. The summed E-state index contributed by atoms with van der Waals surface area (Å²) in [5, 5.41) is 7.13. The Kier molecular flexibility index (Phi) is 3.59. The van der Waals surface area contributed by atoms with Crippen LogP contribution in [0.2, 0.25) is 0 Å². The third-order valence-corrected chi connectivity index (χ3v) is 3.70. The summed E-state index contributed by atoms with van der Waals surface area (Å²) in [6, 6.07) is 1.85. The molecule has 3 heterocycles. The standard InChI is InChI=1S/C14H19N5O2/c1-8-7-9(2)19-14(15-8)17-12(18-19)13(20)16-10(3)11-5-4-6-21-11/h7,10-11H,4-6H2,1-3H3,(H,16,20). The number of nitrogens with zero attached hydrogens (tertiary/aromatic N) is 4. The highest BCUT2D eigenvalue weighted by Gasteiger charge is 2.25. The lowest BCUT2D eigenvalue weighted by atomic mass is 10.1. The van der Waals surface area contributed by atoms with E-state index in [1.165, 1.54) is 0 Å². The minimum absolute atomic E-state index is 0.0533. The maximum atomic E-state index is 12.2. The molecule has 2 aromatic heterocycles. The topological polar surface area (TPSA) is 81.4 Å². The number of hydrogen-bond donors (Lipinski definition) is 1. The number of carbonyl (C=O) groups excluding carboxylic acids is 1. The number of ether oxygens (including phenoxy) is 1. The summed E-state index contributed by atoms with van der Waals surface area (Å²) in [7, 11) is 0. The van der Waals surface area contributed by atoms with Crippen LogP contribution in [0.25, 0.3) is 5.78 Å². The number of rotatable bonds is 3. The quantitative estimate of drug-likeness (QED) is 0.913. The van der Waals surface area contributed by atoms with Crippen molar-refractivity contribution in [2.24, 2.45) is 0 Å². The van der Waals surface area contributed by atoms with Gasteiger partial charge >= 0.3 is 0 Å². The van der Waals surface area contributed by atoms with E-state index in [9.17, 15) is 4.79 Å². The number of fused-ring (bicyclic) bond motifs is 1. The van der Waals surface area contributed by atoms with Crippen molar-refractivity contribution >= 4 is 11.7 Å². The Balaban J connectivity index is 1.79. The summed E-state index contributed by atoms with van der Waals surface area (Å²) < 4.78 is 7.15. The van der Waals surface area contributed by atoms with Crippen molar-refractivity contribution in [3.8, 4) is 0 Å². The molecule has 2 aromatic rings. The first-order chi connectivity index (χ1) is 10.0. The van der Waals surface area contributed by atoms with Crippen LogP contribution in [-0.4, -0.2) is 44.2 Å². The maximum Gasteiger partial charge on any atom is 0.291 e. The fourth-order valence-corrected chi connectivity index (χ4v) is 2.62. The molecule has 1 amide bonds. The molecule has 21 heavy (non-hydrogen) atoms. The normalized spacial score (nSPS) is 19.9. The molecule has 1 aliphatic heterocycles. The Morgan fingerprint density at radius 2 is 2.29 bits per heavy atom.